The van der Waals surface area contributed by atoms with Crippen molar-refractivity contribution in [2.45, 2.75) is 6.54 Å². The molecular weight excluding hydrogens is 202 g/mol. The van der Waals surface area contributed by atoms with E-state index < -0.39 is 0 Å². The Morgan fingerprint density at radius 2 is 2.14 bits per heavy atom. The summed E-state index contributed by atoms with van der Waals surface area (Å²) in [6, 6.07) is 7.27. The Labute approximate surface area is 85.5 Å². The quantitative estimate of drug-likeness (QED) is 0.794. The van der Waals surface area contributed by atoms with Crippen LogP contribution in [0.3, 0.4) is 0 Å². The number of nitrogens with zero attached hydrogens (tertiary/aromatic N) is 4. The molecule has 0 aliphatic carbocycles. The summed E-state index contributed by atoms with van der Waals surface area (Å²) >= 11 is 5.95. The molecule has 0 aliphatic heterocycles. The van der Waals surface area contributed by atoms with Gasteiger partial charge in [0.2, 0.25) is 0 Å². The molecule has 0 unspecified atom stereocenters. The molecule has 5 nitrogen and oxygen atoms in total. The fourth-order valence-electron chi connectivity index (χ4n) is 1.04. The third kappa shape index (κ3) is 1.59. The smallest absolute Gasteiger partial charge is 0.188 e. The Bertz CT molecular complexity index is 439. The van der Waals surface area contributed by atoms with E-state index in [0.717, 1.165) is 0 Å². The van der Waals surface area contributed by atoms with Gasteiger partial charge in [-0.15, -0.1) is 15.0 Å². The highest BCUT2D eigenvalue weighted by atomic mass is 35.5. The summed E-state index contributed by atoms with van der Waals surface area (Å²) in [7, 11) is 0. The Balaban J connectivity index is 2.44. The molecular formula is C8H8ClN5. The SMILES string of the molecule is NCc1nnn(-c2ccccc2Cl)n1. The number of hydrogen-bond donors (Lipinski definition) is 1. The summed E-state index contributed by atoms with van der Waals surface area (Å²) in [5.41, 5.74) is 6.06. The standard InChI is InChI=1S/C8H8ClN5/c9-6-3-1-2-4-7(6)14-12-8(5-10)11-13-14/h1-4H,5,10H2. The summed E-state index contributed by atoms with van der Waals surface area (Å²) in [5, 5.41) is 12.2. The molecule has 1 heterocycles. The first kappa shape index (κ1) is 9.11. The van der Waals surface area contributed by atoms with Gasteiger partial charge in [-0.05, 0) is 17.3 Å². The second-order valence-corrected chi connectivity index (χ2v) is 3.06. The van der Waals surface area contributed by atoms with Gasteiger partial charge in [-0.25, -0.2) is 0 Å². The zero-order valence-electron chi connectivity index (χ0n) is 7.26. The molecule has 0 amide bonds. The summed E-state index contributed by atoms with van der Waals surface area (Å²) in [6.07, 6.45) is 0. The van der Waals surface area contributed by atoms with Gasteiger partial charge in [0.15, 0.2) is 5.82 Å². The highest BCUT2D eigenvalue weighted by Gasteiger charge is 2.05. The molecule has 2 N–H and O–H groups in total. The molecule has 2 rings (SSSR count). The molecule has 0 bridgehead atoms. The molecule has 0 saturated heterocycles. The predicted molar refractivity (Wildman–Crippen MR) is 52.1 cm³/mol. The molecule has 0 aliphatic rings. The molecule has 6 heteroatoms. The van der Waals surface area contributed by atoms with Gasteiger partial charge >= 0.3 is 0 Å². The van der Waals surface area contributed by atoms with E-state index in [4.69, 9.17) is 17.3 Å². The van der Waals surface area contributed by atoms with Crippen LogP contribution in [0.5, 0.6) is 0 Å². The van der Waals surface area contributed by atoms with E-state index in [2.05, 4.69) is 15.4 Å². The molecule has 72 valence electrons. The van der Waals surface area contributed by atoms with Crippen molar-refractivity contribution in [3.05, 3.63) is 35.1 Å². The maximum atomic E-state index is 5.95. The molecule has 0 radical (unpaired) electrons. The first-order valence-corrected chi connectivity index (χ1v) is 4.43. The lowest BCUT2D eigenvalue weighted by Gasteiger charge is -1.99. The lowest BCUT2D eigenvalue weighted by Crippen LogP contribution is -2.02. The number of benzene rings is 1. The summed E-state index contributed by atoms with van der Waals surface area (Å²) in [6.45, 7) is 0.268. The number of aromatic nitrogens is 4. The predicted octanol–water partition coefficient (Wildman–Crippen LogP) is 0.774. The van der Waals surface area contributed by atoms with Crippen molar-refractivity contribution in [2.24, 2.45) is 5.73 Å². The van der Waals surface area contributed by atoms with E-state index in [1.54, 1.807) is 6.07 Å². The first-order valence-electron chi connectivity index (χ1n) is 4.05. The van der Waals surface area contributed by atoms with Crippen LogP contribution < -0.4 is 5.73 Å². The van der Waals surface area contributed by atoms with E-state index in [0.29, 0.717) is 16.5 Å². The summed E-state index contributed by atoms with van der Waals surface area (Å²) in [4.78, 5) is 1.37. The van der Waals surface area contributed by atoms with Gasteiger partial charge in [-0.2, -0.15) is 0 Å². The molecule has 0 spiro atoms. The van der Waals surface area contributed by atoms with Crippen molar-refractivity contribution in [2.75, 3.05) is 0 Å². The van der Waals surface area contributed by atoms with Crippen molar-refractivity contribution < 1.29 is 0 Å². The fourth-order valence-corrected chi connectivity index (χ4v) is 1.25. The van der Waals surface area contributed by atoms with E-state index in [-0.39, 0.29) is 6.54 Å². The maximum absolute atomic E-state index is 5.95. The molecule has 2 aromatic rings. The monoisotopic (exact) mass is 209 g/mol. The van der Waals surface area contributed by atoms with Crippen LogP contribution in [-0.4, -0.2) is 20.2 Å². The van der Waals surface area contributed by atoms with E-state index in [1.807, 2.05) is 18.2 Å². The second-order valence-electron chi connectivity index (χ2n) is 2.65. The normalized spacial score (nSPS) is 10.4. The van der Waals surface area contributed by atoms with Crippen LogP contribution in [0.15, 0.2) is 24.3 Å². The number of halogens is 1. The zero-order valence-corrected chi connectivity index (χ0v) is 8.02. The number of rotatable bonds is 2. The summed E-state index contributed by atoms with van der Waals surface area (Å²) in [5.74, 6) is 0.491. The van der Waals surface area contributed by atoms with Crippen LogP contribution in [-0.2, 0) is 6.54 Å². The first-order chi connectivity index (χ1) is 6.81. The average molecular weight is 210 g/mol. The van der Waals surface area contributed by atoms with Crippen LogP contribution >= 0.6 is 11.6 Å². The maximum Gasteiger partial charge on any atom is 0.188 e. The highest BCUT2D eigenvalue weighted by molar-refractivity contribution is 6.32. The largest absolute Gasteiger partial charge is 0.324 e. The third-order valence-electron chi connectivity index (χ3n) is 1.71. The van der Waals surface area contributed by atoms with E-state index in [1.165, 1.54) is 4.80 Å². The number of para-hydroxylation sites is 1. The van der Waals surface area contributed by atoms with Crippen LogP contribution in [0.1, 0.15) is 5.82 Å². The van der Waals surface area contributed by atoms with Gasteiger partial charge in [0.05, 0.1) is 11.6 Å². The summed E-state index contributed by atoms with van der Waals surface area (Å²) < 4.78 is 0. The van der Waals surface area contributed by atoms with Gasteiger partial charge in [-0.1, -0.05) is 23.7 Å². The van der Waals surface area contributed by atoms with Crippen LogP contribution in [0.4, 0.5) is 0 Å². The fraction of sp³-hybridized carbons (Fsp3) is 0.125. The molecule has 14 heavy (non-hydrogen) atoms. The average Bonchev–Trinajstić information content (AvgIpc) is 2.67. The topological polar surface area (TPSA) is 69.6 Å². The van der Waals surface area contributed by atoms with Crippen molar-refractivity contribution in [3.8, 4) is 5.69 Å². The minimum atomic E-state index is 0.268. The number of tetrazole rings is 1. The number of hydrogen-bond acceptors (Lipinski definition) is 4. The van der Waals surface area contributed by atoms with Gasteiger partial charge in [0.25, 0.3) is 0 Å². The third-order valence-corrected chi connectivity index (χ3v) is 2.03. The van der Waals surface area contributed by atoms with Crippen molar-refractivity contribution >= 4 is 11.6 Å². The van der Waals surface area contributed by atoms with Crippen LogP contribution in [0.25, 0.3) is 5.69 Å². The van der Waals surface area contributed by atoms with Crippen LogP contribution in [0.2, 0.25) is 5.02 Å². The van der Waals surface area contributed by atoms with Gasteiger partial charge in [-0.3, -0.25) is 0 Å². The molecule has 0 saturated carbocycles. The molecule has 0 atom stereocenters. The second kappa shape index (κ2) is 3.73. The van der Waals surface area contributed by atoms with Crippen molar-refractivity contribution in [3.63, 3.8) is 0 Å². The Morgan fingerprint density at radius 3 is 2.79 bits per heavy atom. The van der Waals surface area contributed by atoms with E-state index >= 15 is 0 Å². The van der Waals surface area contributed by atoms with Crippen molar-refractivity contribution in [1.29, 1.82) is 0 Å². The van der Waals surface area contributed by atoms with Gasteiger partial charge in [0, 0.05) is 0 Å². The highest BCUT2D eigenvalue weighted by Crippen LogP contribution is 2.17. The Hall–Kier alpha value is -1.46. The van der Waals surface area contributed by atoms with Crippen molar-refractivity contribution in [1.82, 2.24) is 20.2 Å². The molecule has 0 fully saturated rings. The van der Waals surface area contributed by atoms with E-state index in [9.17, 15) is 0 Å². The van der Waals surface area contributed by atoms with Gasteiger partial charge in [0.1, 0.15) is 5.69 Å². The lowest BCUT2D eigenvalue weighted by molar-refractivity contribution is 0.717. The van der Waals surface area contributed by atoms with Crippen LogP contribution in [0, 0.1) is 0 Å². The molecule has 1 aromatic carbocycles. The Kier molecular flexibility index (Phi) is 2.43. The minimum absolute atomic E-state index is 0.268. The van der Waals surface area contributed by atoms with Gasteiger partial charge < -0.3 is 5.73 Å². The Morgan fingerprint density at radius 1 is 1.36 bits per heavy atom. The minimum Gasteiger partial charge on any atom is -0.324 e. The zero-order chi connectivity index (χ0) is 9.97. The number of nitrogens with two attached hydrogens (primary N) is 1. The lowest BCUT2D eigenvalue weighted by atomic mass is 10.3. The molecule has 1 aromatic heterocycles.